The number of rotatable bonds is 7. The molecule has 0 aliphatic heterocycles. The average Bonchev–Trinajstić information content (AvgIpc) is 2.73. The van der Waals surface area contributed by atoms with E-state index < -0.39 is 0 Å². The van der Waals surface area contributed by atoms with Crippen molar-refractivity contribution in [3.05, 3.63) is 58.9 Å². The van der Waals surface area contributed by atoms with Crippen molar-refractivity contribution in [1.82, 2.24) is 15.2 Å². The highest BCUT2D eigenvalue weighted by atomic mass is 32.2. The molecule has 0 saturated carbocycles. The van der Waals surface area contributed by atoms with Crippen molar-refractivity contribution in [2.75, 3.05) is 25.3 Å². The van der Waals surface area contributed by atoms with Crippen molar-refractivity contribution in [3.8, 4) is 22.8 Å². The van der Waals surface area contributed by atoms with Crippen LogP contribution < -0.4 is 20.3 Å². The number of benzene rings is 2. The molecule has 28 heavy (non-hydrogen) atoms. The van der Waals surface area contributed by atoms with E-state index >= 15 is 0 Å². The van der Waals surface area contributed by atoms with E-state index in [2.05, 4.69) is 20.5 Å². The molecule has 3 rings (SSSR count). The Hall–Kier alpha value is -3.33. The molecule has 0 atom stereocenters. The summed E-state index contributed by atoms with van der Waals surface area (Å²) in [6, 6.07) is 14.1. The Labute approximate surface area is 165 Å². The maximum absolute atomic E-state index is 12.3. The summed E-state index contributed by atoms with van der Waals surface area (Å²) in [4.78, 5) is 27.1. The molecule has 0 saturated heterocycles. The molecule has 0 bridgehead atoms. The van der Waals surface area contributed by atoms with Crippen LogP contribution in [0.4, 0.5) is 5.69 Å². The molecule has 1 heterocycles. The third-order valence-electron chi connectivity index (χ3n) is 3.74. The summed E-state index contributed by atoms with van der Waals surface area (Å²) in [6.07, 6.45) is 0. The van der Waals surface area contributed by atoms with Gasteiger partial charge in [0.25, 0.3) is 5.56 Å². The summed E-state index contributed by atoms with van der Waals surface area (Å²) in [5.74, 6) is 0.858. The Kier molecular flexibility index (Phi) is 6.28. The van der Waals surface area contributed by atoms with Crippen LogP contribution in [0.2, 0.25) is 0 Å². The molecule has 144 valence electrons. The molecule has 0 spiro atoms. The minimum absolute atomic E-state index is 0.0374. The zero-order valence-corrected chi connectivity index (χ0v) is 16.1. The van der Waals surface area contributed by atoms with E-state index in [0.29, 0.717) is 22.7 Å². The summed E-state index contributed by atoms with van der Waals surface area (Å²) in [5.41, 5.74) is 1.04. The second kappa shape index (κ2) is 9.05. The number of carbonyl (C=O) groups is 1. The molecular formula is C19H18N4O4S. The van der Waals surface area contributed by atoms with E-state index in [1.54, 1.807) is 30.3 Å². The number of H-pyrrole nitrogens is 1. The lowest BCUT2D eigenvalue weighted by atomic mass is 10.2. The van der Waals surface area contributed by atoms with E-state index in [9.17, 15) is 9.59 Å². The van der Waals surface area contributed by atoms with E-state index in [0.717, 1.165) is 11.8 Å². The molecular weight excluding hydrogens is 380 g/mol. The van der Waals surface area contributed by atoms with Crippen molar-refractivity contribution < 1.29 is 14.3 Å². The van der Waals surface area contributed by atoms with Crippen molar-refractivity contribution in [1.29, 1.82) is 0 Å². The van der Waals surface area contributed by atoms with E-state index in [1.165, 1.54) is 14.2 Å². The molecule has 2 aromatic carbocycles. The summed E-state index contributed by atoms with van der Waals surface area (Å²) < 4.78 is 10.4. The van der Waals surface area contributed by atoms with Gasteiger partial charge in [-0.3, -0.25) is 14.6 Å². The van der Waals surface area contributed by atoms with E-state index in [4.69, 9.17) is 9.47 Å². The minimum atomic E-state index is -0.362. The maximum Gasteiger partial charge on any atom is 0.278 e. The molecule has 0 fully saturated rings. The van der Waals surface area contributed by atoms with Gasteiger partial charge in [0.1, 0.15) is 11.5 Å². The Morgan fingerprint density at radius 3 is 2.57 bits per heavy atom. The maximum atomic E-state index is 12.3. The predicted octanol–water partition coefficient (Wildman–Crippen LogP) is 2.58. The van der Waals surface area contributed by atoms with Crippen LogP contribution in [-0.2, 0) is 4.79 Å². The Balaban J connectivity index is 1.65. The van der Waals surface area contributed by atoms with Crippen LogP contribution in [0.15, 0.2) is 58.5 Å². The highest BCUT2D eigenvalue weighted by Crippen LogP contribution is 2.29. The average molecular weight is 398 g/mol. The van der Waals surface area contributed by atoms with Crippen LogP contribution in [0.1, 0.15) is 0 Å². The van der Waals surface area contributed by atoms with Gasteiger partial charge in [0.05, 0.1) is 25.7 Å². The van der Waals surface area contributed by atoms with Gasteiger partial charge >= 0.3 is 0 Å². The number of thioether (sulfide) groups is 1. The lowest BCUT2D eigenvalue weighted by Gasteiger charge is -2.11. The van der Waals surface area contributed by atoms with Crippen molar-refractivity contribution in [3.63, 3.8) is 0 Å². The third kappa shape index (κ3) is 4.68. The van der Waals surface area contributed by atoms with Gasteiger partial charge in [-0.2, -0.15) is 0 Å². The number of methoxy groups -OCH3 is 2. The summed E-state index contributed by atoms with van der Waals surface area (Å²) in [5, 5.41) is 11.0. The predicted molar refractivity (Wildman–Crippen MR) is 107 cm³/mol. The van der Waals surface area contributed by atoms with Crippen LogP contribution >= 0.6 is 11.8 Å². The Bertz CT molecular complexity index is 1020. The first-order chi connectivity index (χ1) is 13.6. The minimum Gasteiger partial charge on any atom is -0.497 e. The number of aromatic amines is 1. The van der Waals surface area contributed by atoms with Crippen molar-refractivity contribution in [2.45, 2.75) is 5.16 Å². The highest BCUT2D eigenvalue weighted by Gasteiger charge is 2.12. The fourth-order valence-electron chi connectivity index (χ4n) is 2.40. The van der Waals surface area contributed by atoms with Crippen LogP contribution in [0.5, 0.6) is 11.5 Å². The number of aromatic nitrogens is 3. The topological polar surface area (TPSA) is 106 Å². The van der Waals surface area contributed by atoms with Crippen LogP contribution in [0.25, 0.3) is 11.3 Å². The van der Waals surface area contributed by atoms with Gasteiger partial charge in [-0.05, 0) is 12.1 Å². The zero-order chi connectivity index (χ0) is 19.9. The number of ether oxygens (including phenoxy) is 2. The van der Waals surface area contributed by atoms with Crippen LogP contribution in [0.3, 0.4) is 0 Å². The molecule has 0 unspecified atom stereocenters. The number of hydrogen-bond donors (Lipinski definition) is 2. The van der Waals surface area contributed by atoms with Gasteiger partial charge < -0.3 is 14.8 Å². The smallest absolute Gasteiger partial charge is 0.278 e. The monoisotopic (exact) mass is 398 g/mol. The van der Waals surface area contributed by atoms with Crippen molar-refractivity contribution >= 4 is 23.4 Å². The van der Waals surface area contributed by atoms with Gasteiger partial charge in [0.15, 0.2) is 10.9 Å². The third-order valence-corrected chi connectivity index (χ3v) is 4.61. The molecule has 1 aromatic heterocycles. The first-order valence-electron chi connectivity index (χ1n) is 8.28. The molecule has 1 amide bonds. The normalized spacial score (nSPS) is 10.4. The fourth-order valence-corrected chi connectivity index (χ4v) is 3.01. The van der Waals surface area contributed by atoms with E-state index in [1.807, 2.05) is 18.2 Å². The molecule has 3 aromatic rings. The van der Waals surface area contributed by atoms with Gasteiger partial charge in [0.2, 0.25) is 5.91 Å². The summed E-state index contributed by atoms with van der Waals surface area (Å²) in [7, 11) is 3.05. The highest BCUT2D eigenvalue weighted by molar-refractivity contribution is 7.99. The summed E-state index contributed by atoms with van der Waals surface area (Å²) >= 11 is 1.08. The van der Waals surface area contributed by atoms with Crippen LogP contribution in [0, 0.1) is 0 Å². The van der Waals surface area contributed by atoms with E-state index in [-0.39, 0.29) is 28.1 Å². The standard InChI is InChI=1S/C19H18N4O4S/c1-26-13-8-9-15(27-2)14(10-13)20-16(24)11-28-19-21-18(25)17(22-23-19)12-6-4-3-5-7-12/h3-10H,11H2,1-2H3,(H,20,24)(H,21,23,25). The largest absolute Gasteiger partial charge is 0.497 e. The fraction of sp³-hybridized carbons (Fsp3) is 0.158. The first-order valence-corrected chi connectivity index (χ1v) is 9.26. The number of hydrogen-bond acceptors (Lipinski definition) is 7. The molecule has 8 nitrogen and oxygen atoms in total. The number of nitrogens with one attached hydrogen (secondary N) is 2. The molecule has 0 aliphatic carbocycles. The lowest BCUT2D eigenvalue weighted by molar-refractivity contribution is -0.113. The number of anilines is 1. The molecule has 2 N–H and O–H groups in total. The molecule has 0 radical (unpaired) electrons. The van der Waals surface area contributed by atoms with Gasteiger partial charge in [-0.1, -0.05) is 42.1 Å². The number of amides is 1. The number of nitrogens with zero attached hydrogens (tertiary/aromatic N) is 2. The second-order valence-corrected chi connectivity index (χ2v) is 6.54. The zero-order valence-electron chi connectivity index (χ0n) is 15.3. The lowest BCUT2D eigenvalue weighted by Crippen LogP contribution is -2.17. The van der Waals surface area contributed by atoms with Crippen LogP contribution in [-0.4, -0.2) is 41.1 Å². The second-order valence-electron chi connectivity index (χ2n) is 5.58. The SMILES string of the molecule is COc1ccc(OC)c(NC(=O)CSc2nnc(-c3ccccc3)c(=O)[nH]2)c1. The first kappa shape index (κ1) is 19.4. The quantitative estimate of drug-likeness (QED) is 0.589. The Morgan fingerprint density at radius 1 is 1.11 bits per heavy atom. The molecule has 9 heteroatoms. The molecule has 0 aliphatic rings. The number of carbonyl (C=O) groups excluding carboxylic acids is 1. The van der Waals surface area contributed by atoms with Gasteiger partial charge in [0, 0.05) is 11.6 Å². The van der Waals surface area contributed by atoms with Gasteiger partial charge in [-0.15, -0.1) is 10.2 Å². The summed E-state index contributed by atoms with van der Waals surface area (Å²) in [6.45, 7) is 0. The Morgan fingerprint density at radius 2 is 1.89 bits per heavy atom. The van der Waals surface area contributed by atoms with Gasteiger partial charge in [-0.25, -0.2) is 0 Å². The van der Waals surface area contributed by atoms with Crippen molar-refractivity contribution in [2.24, 2.45) is 0 Å².